The zero-order valence-electron chi connectivity index (χ0n) is 9.30. The molecule has 2 N–H and O–H groups in total. The largest absolute Gasteiger partial charge is 0.476 e. The van der Waals surface area contributed by atoms with Gasteiger partial charge in [0.05, 0.1) is 0 Å². The fourth-order valence-corrected chi connectivity index (χ4v) is 1.80. The molecule has 0 aromatic carbocycles. The molecule has 1 saturated heterocycles. The van der Waals surface area contributed by atoms with Gasteiger partial charge in [-0.05, 0) is 19.8 Å². The van der Waals surface area contributed by atoms with Gasteiger partial charge in [-0.2, -0.15) is 5.48 Å². The number of hydrogen-bond acceptors (Lipinski definition) is 6. The van der Waals surface area contributed by atoms with E-state index in [4.69, 9.17) is 25.7 Å². The smallest absolute Gasteiger partial charge is 0.379 e. The van der Waals surface area contributed by atoms with E-state index in [-0.39, 0.29) is 0 Å². The Morgan fingerprint density at radius 2 is 2.35 bits per heavy atom. The Kier molecular flexibility index (Phi) is 5.85. The zero-order valence-corrected chi connectivity index (χ0v) is 10.9. The third-order valence-corrected chi connectivity index (χ3v) is 2.68. The van der Waals surface area contributed by atoms with Gasteiger partial charge in [-0.25, -0.2) is 9.36 Å². The molecule has 0 aromatic rings. The Morgan fingerprint density at radius 1 is 1.65 bits per heavy atom. The van der Waals surface area contributed by atoms with Crippen LogP contribution in [0.25, 0.3) is 0 Å². The van der Waals surface area contributed by atoms with Crippen LogP contribution >= 0.6 is 18.2 Å². The van der Waals surface area contributed by atoms with Crippen LogP contribution in [0.3, 0.4) is 0 Å². The summed E-state index contributed by atoms with van der Waals surface area (Å²) in [7, 11) is 0. The highest BCUT2D eigenvalue weighted by Crippen LogP contribution is 2.47. The summed E-state index contributed by atoms with van der Waals surface area (Å²) in [5.74, 6) is -0.971. The molecule has 0 aliphatic carbocycles. The number of halogens is 1. The molecule has 1 fully saturated rings. The highest BCUT2D eigenvalue weighted by molar-refractivity contribution is 7.80. The molecule has 7 nitrogen and oxygen atoms in total. The van der Waals surface area contributed by atoms with Crippen LogP contribution in [0.15, 0.2) is 0 Å². The Balaban J connectivity index is 2.26. The molecule has 17 heavy (non-hydrogen) atoms. The fourth-order valence-electron chi connectivity index (χ4n) is 1.22. The normalized spacial score (nSPS) is 25.9. The number of ether oxygens (including phenoxy) is 1. The maximum Gasteiger partial charge on any atom is 0.476 e. The number of hydroxylamine groups is 1. The third-order valence-electron chi connectivity index (χ3n) is 2.07. The minimum atomic E-state index is -4.34. The van der Waals surface area contributed by atoms with E-state index < -0.39 is 25.2 Å². The first-order valence-electron chi connectivity index (χ1n) is 5.17. The molecule has 3 atom stereocenters. The molecule has 0 bridgehead atoms. The molecule has 0 radical (unpaired) electrons. The lowest BCUT2D eigenvalue weighted by molar-refractivity contribution is -0.204. The molecule has 9 heteroatoms. The Bertz CT molecular complexity index is 302. The van der Waals surface area contributed by atoms with Crippen LogP contribution in [0, 0.1) is 0 Å². The summed E-state index contributed by atoms with van der Waals surface area (Å²) in [6.07, 6.45) is 2.27. The monoisotopic (exact) mass is 287 g/mol. The topological polar surface area (TPSA) is 94.1 Å². The number of carbonyl (C=O) groups excluding carboxylic acids is 1. The summed E-state index contributed by atoms with van der Waals surface area (Å²) in [5, 5.41) is 0. The van der Waals surface area contributed by atoms with Gasteiger partial charge in [-0.15, -0.1) is 0 Å². The Hall–Kier alpha value is -0.170. The van der Waals surface area contributed by atoms with E-state index in [0.717, 1.165) is 19.3 Å². The van der Waals surface area contributed by atoms with Crippen molar-refractivity contribution >= 4 is 24.2 Å². The van der Waals surface area contributed by atoms with Crippen LogP contribution in [0.5, 0.6) is 0 Å². The summed E-state index contributed by atoms with van der Waals surface area (Å²) in [5.41, 5.74) is 2.38. The summed E-state index contributed by atoms with van der Waals surface area (Å²) in [6, 6.07) is -0.917. The van der Waals surface area contributed by atoms with Crippen molar-refractivity contribution in [1.82, 2.24) is 5.48 Å². The van der Waals surface area contributed by atoms with E-state index in [0.29, 0.717) is 6.61 Å². The Labute approximate surface area is 104 Å². The van der Waals surface area contributed by atoms with Crippen LogP contribution in [0.1, 0.15) is 26.2 Å². The molecule has 1 rings (SSSR count). The van der Waals surface area contributed by atoms with Crippen LogP contribution in [0.4, 0.5) is 0 Å². The maximum absolute atomic E-state index is 11.2. The standard InChI is InChI=1S/C8H15ClNO6P/c1-6(8(11)16-17(9,12)13)10-15-7-4-2-3-5-14-7/h6-7,10H,2-5H2,1H3,(H,12,13)/t6-,7?/m0/s1. The number of nitrogens with one attached hydrogen (secondary N) is 1. The van der Waals surface area contributed by atoms with Gasteiger partial charge in [0.25, 0.3) is 0 Å². The van der Waals surface area contributed by atoms with Crippen LogP contribution in [-0.2, 0) is 23.5 Å². The summed E-state index contributed by atoms with van der Waals surface area (Å²) < 4.78 is 20.0. The van der Waals surface area contributed by atoms with Crippen molar-refractivity contribution in [1.29, 1.82) is 0 Å². The van der Waals surface area contributed by atoms with Gasteiger partial charge in [0.15, 0.2) is 6.29 Å². The predicted molar refractivity (Wildman–Crippen MR) is 59.0 cm³/mol. The number of rotatable bonds is 5. The van der Waals surface area contributed by atoms with Crippen molar-refractivity contribution in [2.45, 2.75) is 38.5 Å². The second kappa shape index (κ2) is 6.68. The number of hydrogen-bond donors (Lipinski definition) is 2. The van der Waals surface area contributed by atoms with Gasteiger partial charge in [0.2, 0.25) is 0 Å². The van der Waals surface area contributed by atoms with Crippen molar-refractivity contribution in [2.24, 2.45) is 0 Å². The SMILES string of the molecule is C[C@H](NOC1CCCCO1)C(=O)OP(=O)(O)Cl. The van der Waals surface area contributed by atoms with Gasteiger partial charge in [0, 0.05) is 24.3 Å². The van der Waals surface area contributed by atoms with E-state index in [9.17, 15) is 9.36 Å². The summed E-state index contributed by atoms with van der Waals surface area (Å²) in [6.45, 7) is -2.31. The second-order valence-corrected chi connectivity index (χ2v) is 5.98. The van der Waals surface area contributed by atoms with E-state index >= 15 is 0 Å². The highest BCUT2D eigenvalue weighted by atomic mass is 35.7. The fraction of sp³-hybridized carbons (Fsp3) is 0.875. The van der Waals surface area contributed by atoms with E-state index in [1.807, 2.05) is 0 Å². The van der Waals surface area contributed by atoms with Crippen molar-refractivity contribution in [2.75, 3.05) is 6.61 Å². The molecular formula is C8H15ClNO6P. The summed E-state index contributed by atoms with van der Waals surface area (Å²) >= 11 is 4.90. The minimum absolute atomic E-state index is 0.420. The van der Waals surface area contributed by atoms with E-state index in [2.05, 4.69) is 10.0 Å². The average molecular weight is 288 g/mol. The van der Waals surface area contributed by atoms with E-state index in [1.54, 1.807) is 0 Å². The molecule has 0 aromatic heterocycles. The molecule has 0 saturated carbocycles. The third kappa shape index (κ3) is 6.35. The van der Waals surface area contributed by atoms with Crippen molar-refractivity contribution in [3.63, 3.8) is 0 Å². The van der Waals surface area contributed by atoms with Crippen molar-refractivity contribution < 1.29 is 28.4 Å². The molecule has 1 heterocycles. The molecule has 1 aliphatic heterocycles. The molecule has 0 spiro atoms. The van der Waals surface area contributed by atoms with Gasteiger partial charge in [-0.1, -0.05) is 0 Å². The second-order valence-electron chi connectivity index (χ2n) is 3.62. The Morgan fingerprint density at radius 3 is 2.88 bits per heavy atom. The van der Waals surface area contributed by atoms with Crippen LogP contribution in [0.2, 0.25) is 0 Å². The lowest BCUT2D eigenvalue weighted by Gasteiger charge is -2.23. The predicted octanol–water partition coefficient (Wildman–Crippen LogP) is 1.31. The first kappa shape index (κ1) is 14.9. The van der Waals surface area contributed by atoms with Crippen LogP contribution < -0.4 is 5.48 Å². The molecule has 100 valence electrons. The maximum atomic E-state index is 11.2. The van der Waals surface area contributed by atoms with Crippen LogP contribution in [-0.4, -0.2) is 29.8 Å². The average Bonchev–Trinajstić information content (AvgIpc) is 2.25. The minimum Gasteiger partial charge on any atom is -0.379 e. The molecule has 1 aliphatic rings. The first-order chi connectivity index (χ1) is 7.88. The molecule has 2 unspecified atom stereocenters. The van der Waals surface area contributed by atoms with Crippen molar-refractivity contribution in [3.05, 3.63) is 0 Å². The quantitative estimate of drug-likeness (QED) is 0.581. The van der Waals surface area contributed by atoms with E-state index in [1.165, 1.54) is 6.92 Å². The summed E-state index contributed by atoms with van der Waals surface area (Å²) in [4.78, 5) is 24.9. The highest BCUT2D eigenvalue weighted by Gasteiger charge is 2.26. The lowest BCUT2D eigenvalue weighted by Crippen LogP contribution is -2.39. The van der Waals surface area contributed by atoms with Gasteiger partial charge in [0.1, 0.15) is 6.04 Å². The first-order valence-corrected chi connectivity index (χ1v) is 7.65. The zero-order chi connectivity index (χ0) is 12.9. The van der Waals surface area contributed by atoms with Crippen molar-refractivity contribution in [3.8, 4) is 0 Å². The van der Waals surface area contributed by atoms with Gasteiger partial charge < -0.3 is 14.2 Å². The molecular weight excluding hydrogens is 273 g/mol. The lowest BCUT2D eigenvalue weighted by atomic mass is 10.2. The van der Waals surface area contributed by atoms with Gasteiger partial charge >= 0.3 is 12.9 Å². The number of carbonyl (C=O) groups is 1. The van der Waals surface area contributed by atoms with Gasteiger partial charge in [-0.3, -0.25) is 4.84 Å². The molecule has 0 amide bonds.